The van der Waals surface area contributed by atoms with Gasteiger partial charge in [-0.3, -0.25) is 15.0 Å². The Balaban J connectivity index is 2.00. The third kappa shape index (κ3) is 4.47. The van der Waals surface area contributed by atoms with Gasteiger partial charge in [-0.25, -0.2) is 13.2 Å². The molecule has 1 aromatic carbocycles. The highest BCUT2D eigenvalue weighted by Gasteiger charge is 2.32. The number of nitrogens with two attached hydrogens (primary N) is 1. The fourth-order valence-corrected chi connectivity index (χ4v) is 4.04. The summed E-state index contributed by atoms with van der Waals surface area (Å²) in [6.07, 6.45) is 0. The third-order valence-corrected chi connectivity index (χ3v) is 6.06. The molecular formula is C15H22N4O5S. The summed E-state index contributed by atoms with van der Waals surface area (Å²) in [5.41, 5.74) is 4.94. The number of nitrogens with zero attached hydrogens (tertiary/aromatic N) is 2. The number of amides is 3. The summed E-state index contributed by atoms with van der Waals surface area (Å²) in [5, 5.41) is 2.03. The van der Waals surface area contributed by atoms with Gasteiger partial charge in [0.05, 0.1) is 18.0 Å². The number of hydrogen-bond donors (Lipinski definition) is 2. The van der Waals surface area contributed by atoms with E-state index in [1.54, 1.807) is 24.0 Å². The number of piperazine rings is 1. The Kier molecular flexibility index (Phi) is 5.98. The smallest absolute Gasteiger partial charge is 0.318 e. The molecule has 1 atom stereocenters. The molecule has 1 aliphatic rings. The second-order valence-corrected chi connectivity index (χ2v) is 7.58. The van der Waals surface area contributed by atoms with E-state index in [-0.39, 0.29) is 18.0 Å². The molecule has 0 spiro atoms. The number of carbonyl (C=O) groups excluding carboxylic acids is 2. The van der Waals surface area contributed by atoms with E-state index in [0.29, 0.717) is 18.8 Å². The monoisotopic (exact) mass is 370 g/mol. The van der Waals surface area contributed by atoms with Crippen LogP contribution in [0.15, 0.2) is 29.2 Å². The Hall–Kier alpha value is -2.17. The van der Waals surface area contributed by atoms with Crippen molar-refractivity contribution < 1.29 is 22.7 Å². The van der Waals surface area contributed by atoms with Crippen LogP contribution >= 0.6 is 0 Å². The van der Waals surface area contributed by atoms with Gasteiger partial charge in [0.1, 0.15) is 5.75 Å². The van der Waals surface area contributed by atoms with Gasteiger partial charge in [0.25, 0.3) is 0 Å². The fourth-order valence-electron chi connectivity index (χ4n) is 2.62. The summed E-state index contributed by atoms with van der Waals surface area (Å²) in [7, 11) is -2.09. The highest BCUT2D eigenvalue weighted by atomic mass is 32.2. The lowest BCUT2D eigenvalue weighted by Gasteiger charge is -2.36. The number of imide groups is 1. The van der Waals surface area contributed by atoms with Crippen LogP contribution in [0.4, 0.5) is 4.79 Å². The lowest BCUT2D eigenvalue weighted by molar-refractivity contribution is -0.125. The van der Waals surface area contributed by atoms with Crippen LogP contribution in [0.3, 0.4) is 0 Å². The summed E-state index contributed by atoms with van der Waals surface area (Å²) in [5.74, 6) is 0.0806. The van der Waals surface area contributed by atoms with Crippen molar-refractivity contribution in [3.05, 3.63) is 24.3 Å². The van der Waals surface area contributed by atoms with Crippen LogP contribution in [-0.2, 0) is 14.8 Å². The first-order chi connectivity index (χ1) is 11.8. The highest BCUT2D eigenvalue weighted by Crippen LogP contribution is 2.21. The molecule has 1 heterocycles. The zero-order chi connectivity index (χ0) is 18.6. The number of nitrogens with one attached hydrogen (secondary N) is 1. The third-order valence-electron chi connectivity index (χ3n) is 4.14. The summed E-state index contributed by atoms with van der Waals surface area (Å²) in [6.45, 7) is 2.91. The van der Waals surface area contributed by atoms with Crippen molar-refractivity contribution in [2.24, 2.45) is 5.73 Å². The van der Waals surface area contributed by atoms with Gasteiger partial charge in [0.15, 0.2) is 0 Å². The van der Waals surface area contributed by atoms with Crippen molar-refractivity contribution in [3.8, 4) is 5.75 Å². The molecule has 0 saturated carbocycles. The molecule has 1 saturated heterocycles. The highest BCUT2D eigenvalue weighted by molar-refractivity contribution is 7.89. The van der Waals surface area contributed by atoms with Gasteiger partial charge < -0.3 is 10.5 Å². The number of rotatable bonds is 5. The lowest BCUT2D eigenvalue weighted by Crippen LogP contribution is -2.55. The summed E-state index contributed by atoms with van der Waals surface area (Å²) >= 11 is 0. The first-order valence-corrected chi connectivity index (χ1v) is 9.18. The van der Waals surface area contributed by atoms with Gasteiger partial charge >= 0.3 is 6.03 Å². The van der Waals surface area contributed by atoms with E-state index in [1.807, 2.05) is 5.32 Å². The van der Waals surface area contributed by atoms with E-state index in [4.69, 9.17) is 10.5 Å². The van der Waals surface area contributed by atoms with Crippen molar-refractivity contribution in [1.29, 1.82) is 0 Å². The summed E-state index contributed by atoms with van der Waals surface area (Å²) in [4.78, 5) is 24.6. The van der Waals surface area contributed by atoms with Crippen LogP contribution in [-0.4, -0.2) is 68.9 Å². The topological polar surface area (TPSA) is 122 Å². The van der Waals surface area contributed by atoms with Gasteiger partial charge in [0.2, 0.25) is 15.9 Å². The first kappa shape index (κ1) is 19.2. The number of primary amides is 1. The van der Waals surface area contributed by atoms with Crippen molar-refractivity contribution in [3.63, 3.8) is 0 Å². The molecule has 3 N–H and O–H groups in total. The van der Waals surface area contributed by atoms with Crippen molar-refractivity contribution >= 4 is 22.0 Å². The van der Waals surface area contributed by atoms with E-state index in [0.717, 1.165) is 0 Å². The second kappa shape index (κ2) is 7.81. The van der Waals surface area contributed by atoms with Crippen molar-refractivity contribution in [2.75, 3.05) is 33.3 Å². The molecule has 9 nitrogen and oxygen atoms in total. The zero-order valence-corrected chi connectivity index (χ0v) is 15.0. The summed E-state index contributed by atoms with van der Waals surface area (Å²) in [6, 6.07) is 4.72. The number of benzene rings is 1. The Bertz CT molecular complexity index is 727. The fraction of sp³-hybridized carbons (Fsp3) is 0.467. The Morgan fingerprint density at radius 2 is 1.72 bits per heavy atom. The maximum absolute atomic E-state index is 12.7. The molecule has 0 radical (unpaired) electrons. The van der Waals surface area contributed by atoms with Gasteiger partial charge in [-0.15, -0.1) is 0 Å². The van der Waals surface area contributed by atoms with E-state index >= 15 is 0 Å². The predicted molar refractivity (Wildman–Crippen MR) is 90.5 cm³/mol. The number of methoxy groups -OCH3 is 1. The van der Waals surface area contributed by atoms with Crippen LogP contribution in [0, 0.1) is 0 Å². The van der Waals surface area contributed by atoms with E-state index < -0.39 is 28.0 Å². The molecule has 1 aliphatic heterocycles. The SMILES string of the molecule is COc1ccc(S(=O)(=O)N2CCN(C(C)C(=O)NC(N)=O)CC2)cc1. The number of ether oxygens (including phenoxy) is 1. The molecule has 1 aromatic rings. The molecule has 10 heteroatoms. The number of carbonyl (C=O) groups is 2. The minimum Gasteiger partial charge on any atom is -0.497 e. The second-order valence-electron chi connectivity index (χ2n) is 5.65. The van der Waals surface area contributed by atoms with Crippen LogP contribution in [0.2, 0.25) is 0 Å². The Morgan fingerprint density at radius 3 is 2.20 bits per heavy atom. The Labute approximate surface area is 146 Å². The average Bonchev–Trinajstić information content (AvgIpc) is 2.60. The molecule has 0 aliphatic carbocycles. The van der Waals surface area contributed by atoms with E-state index in [2.05, 4.69) is 0 Å². The van der Waals surface area contributed by atoms with Gasteiger partial charge in [0, 0.05) is 26.2 Å². The first-order valence-electron chi connectivity index (χ1n) is 7.74. The van der Waals surface area contributed by atoms with E-state index in [9.17, 15) is 18.0 Å². The van der Waals surface area contributed by atoms with Gasteiger partial charge in [-0.2, -0.15) is 4.31 Å². The zero-order valence-electron chi connectivity index (χ0n) is 14.1. The molecule has 0 bridgehead atoms. The quantitative estimate of drug-likeness (QED) is 0.726. The molecule has 25 heavy (non-hydrogen) atoms. The lowest BCUT2D eigenvalue weighted by atomic mass is 10.2. The largest absolute Gasteiger partial charge is 0.497 e. The minimum atomic E-state index is -3.60. The maximum atomic E-state index is 12.7. The predicted octanol–water partition coefficient (Wildman–Crippen LogP) is -0.415. The number of sulfonamides is 1. The van der Waals surface area contributed by atoms with Crippen molar-refractivity contribution in [1.82, 2.24) is 14.5 Å². The van der Waals surface area contributed by atoms with Gasteiger partial charge in [-0.1, -0.05) is 0 Å². The van der Waals surface area contributed by atoms with Crippen LogP contribution in [0.5, 0.6) is 5.75 Å². The van der Waals surface area contributed by atoms with Crippen LogP contribution in [0.1, 0.15) is 6.92 Å². The van der Waals surface area contributed by atoms with E-state index in [1.165, 1.54) is 23.5 Å². The van der Waals surface area contributed by atoms with Crippen LogP contribution in [0.25, 0.3) is 0 Å². The Morgan fingerprint density at radius 1 is 1.16 bits per heavy atom. The number of urea groups is 1. The van der Waals surface area contributed by atoms with Crippen molar-refractivity contribution in [2.45, 2.75) is 17.9 Å². The minimum absolute atomic E-state index is 0.196. The molecule has 138 valence electrons. The molecule has 0 aromatic heterocycles. The molecule has 2 rings (SSSR count). The molecule has 1 unspecified atom stereocenters. The molecular weight excluding hydrogens is 348 g/mol. The summed E-state index contributed by atoms with van der Waals surface area (Å²) < 4.78 is 31.7. The van der Waals surface area contributed by atoms with Crippen LogP contribution < -0.4 is 15.8 Å². The van der Waals surface area contributed by atoms with Gasteiger partial charge in [-0.05, 0) is 31.2 Å². The molecule has 3 amide bonds. The maximum Gasteiger partial charge on any atom is 0.318 e. The normalized spacial score (nSPS) is 17.7. The standard InChI is InChI=1S/C15H22N4O5S/c1-11(14(20)17-15(16)21)18-7-9-19(10-8-18)25(22,23)13-5-3-12(24-2)4-6-13/h3-6,11H,7-10H2,1-2H3,(H3,16,17,20,21). The number of hydrogen-bond acceptors (Lipinski definition) is 6. The molecule has 1 fully saturated rings. The average molecular weight is 370 g/mol.